The van der Waals surface area contributed by atoms with Gasteiger partial charge in [-0.25, -0.2) is 9.67 Å². The number of hydrogen-bond donors (Lipinski definition) is 1. The summed E-state index contributed by atoms with van der Waals surface area (Å²) in [5.41, 5.74) is 0.140. The van der Waals surface area contributed by atoms with Crippen molar-refractivity contribution >= 4 is 16.7 Å². The number of rotatable bonds is 3. The Morgan fingerprint density at radius 2 is 2.07 bits per heavy atom. The van der Waals surface area contributed by atoms with Crippen LogP contribution in [0.2, 0.25) is 0 Å². The van der Waals surface area contributed by atoms with E-state index in [1.807, 2.05) is 25.1 Å². The molecule has 3 heterocycles. The van der Waals surface area contributed by atoms with Crippen LogP contribution < -0.4 is 16.0 Å². The lowest BCUT2D eigenvalue weighted by Gasteiger charge is -2.31. The van der Waals surface area contributed by atoms with E-state index in [1.54, 1.807) is 12.3 Å². The van der Waals surface area contributed by atoms with E-state index in [4.69, 9.17) is 0 Å². The molecule has 1 aromatic carbocycles. The number of fused-ring (bicyclic) bond motifs is 1. The molecule has 0 saturated carbocycles. The lowest BCUT2D eigenvalue weighted by Crippen LogP contribution is -2.37. The van der Waals surface area contributed by atoms with Crippen molar-refractivity contribution in [3.8, 4) is 0 Å². The smallest absolute Gasteiger partial charge is 0.275 e. The lowest BCUT2D eigenvalue weighted by atomic mass is 10.0. The number of piperidine rings is 1. The lowest BCUT2D eigenvalue weighted by molar-refractivity contribution is 0.440. The molecule has 2 unspecified atom stereocenters. The summed E-state index contributed by atoms with van der Waals surface area (Å²) in [6, 6.07) is 8.37. The highest BCUT2D eigenvalue weighted by molar-refractivity contribution is 5.80. The SMILES string of the molecule is CC1CCCN(c2nc(C(C)n3ncc4ccccc4c3=O)cc(=O)[nH]2)C1. The summed E-state index contributed by atoms with van der Waals surface area (Å²) < 4.78 is 1.40. The number of nitrogens with zero attached hydrogens (tertiary/aromatic N) is 4. The van der Waals surface area contributed by atoms with Crippen molar-refractivity contribution in [3.63, 3.8) is 0 Å². The second-order valence-electron chi connectivity index (χ2n) is 7.34. The van der Waals surface area contributed by atoms with Crippen LogP contribution in [0.4, 0.5) is 5.95 Å². The van der Waals surface area contributed by atoms with Gasteiger partial charge >= 0.3 is 0 Å². The van der Waals surface area contributed by atoms with E-state index >= 15 is 0 Å². The maximum Gasteiger partial charge on any atom is 0.275 e. The minimum atomic E-state index is -0.439. The Balaban J connectivity index is 1.74. The highest BCUT2D eigenvalue weighted by Crippen LogP contribution is 2.21. The van der Waals surface area contributed by atoms with Gasteiger partial charge in [0.2, 0.25) is 5.95 Å². The molecule has 1 aliphatic rings. The molecular weight excluding hydrogens is 342 g/mol. The molecule has 2 atom stereocenters. The quantitative estimate of drug-likeness (QED) is 0.770. The molecule has 1 fully saturated rings. The van der Waals surface area contributed by atoms with Crippen LogP contribution in [0.5, 0.6) is 0 Å². The van der Waals surface area contributed by atoms with Crippen LogP contribution in [0.3, 0.4) is 0 Å². The van der Waals surface area contributed by atoms with Gasteiger partial charge in [0.1, 0.15) is 0 Å². The van der Waals surface area contributed by atoms with Crippen molar-refractivity contribution in [2.45, 2.75) is 32.7 Å². The highest BCUT2D eigenvalue weighted by Gasteiger charge is 2.21. The van der Waals surface area contributed by atoms with Gasteiger partial charge in [0.25, 0.3) is 11.1 Å². The van der Waals surface area contributed by atoms with Gasteiger partial charge in [0.15, 0.2) is 0 Å². The molecule has 4 rings (SSSR count). The van der Waals surface area contributed by atoms with Crippen LogP contribution in [0.1, 0.15) is 38.4 Å². The largest absolute Gasteiger partial charge is 0.342 e. The summed E-state index contributed by atoms with van der Waals surface area (Å²) in [5, 5.41) is 5.71. The third-order valence-electron chi connectivity index (χ3n) is 5.22. The molecule has 1 saturated heterocycles. The number of aromatic nitrogens is 4. The van der Waals surface area contributed by atoms with Crippen LogP contribution in [0, 0.1) is 5.92 Å². The molecule has 0 spiro atoms. The van der Waals surface area contributed by atoms with Gasteiger partial charge in [0, 0.05) is 24.5 Å². The number of hydrogen-bond acceptors (Lipinski definition) is 5. The fourth-order valence-electron chi connectivity index (χ4n) is 3.71. The van der Waals surface area contributed by atoms with Gasteiger partial charge in [-0.15, -0.1) is 0 Å². The zero-order valence-corrected chi connectivity index (χ0v) is 15.6. The Bertz CT molecular complexity index is 1090. The number of aromatic amines is 1. The minimum Gasteiger partial charge on any atom is -0.342 e. The monoisotopic (exact) mass is 365 g/mol. The number of nitrogens with one attached hydrogen (secondary N) is 1. The van der Waals surface area contributed by atoms with Gasteiger partial charge in [-0.2, -0.15) is 5.10 Å². The van der Waals surface area contributed by atoms with Crippen LogP contribution >= 0.6 is 0 Å². The van der Waals surface area contributed by atoms with Crippen molar-refractivity contribution in [2.24, 2.45) is 5.92 Å². The Kier molecular flexibility index (Phi) is 4.51. The van der Waals surface area contributed by atoms with Crippen molar-refractivity contribution in [1.82, 2.24) is 19.7 Å². The highest BCUT2D eigenvalue weighted by atomic mass is 16.1. The Hall–Kier alpha value is -2.96. The van der Waals surface area contributed by atoms with Crippen LogP contribution in [-0.2, 0) is 0 Å². The first-order valence-corrected chi connectivity index (χ1v) is 9.35. The molecule has 27 heavy (non-hydrogen) atoms. The first-order valence-electron chi connectivity index (χ1n) is 9.35. The van der Waals surface area contributed by atoms with Gasteiger partial charge in [-0.1, -0.05) is 25.1 Å². The van der Waals surface area contributed by atoms with Gasteiger partial charge in [0.05, 0.1) is 23.3 Å². The van der Waals surface area contributed by atoms with E-state index in [-0.39, 0.29) is 11.1 Å². The number of anilines is 1. The molecule has 0 amide bonds. The maximum atomic E-state index is 12.8. The maximum absolute atomic E-state index is 12.8. The molecule has 0 aliphatic carbocycles. The normalized spacial score (nSPS) is 18.6. The Morgan fingerprint density at radius 1 is 1.26 bits per heavy atom. The second-order valence-corrected chi connectivity index (χ2v) is 7.34. The van der Waals surface area contributed by atoms with Crippen molar-refractivity contribution in [1.29, 1.82) is 0 Å². The van der Waals surface area contributed by atoms with Gasteiger partial charge in [-0.05, 0) is 31.7 Å². The van der Waals surface area contributed by atoms with Gasteiger partial charge < -0.3 is 4.90 Å². The predicted octanol–water partition coefficient (Wildman–Crippen LogP) is 2.33. The fraction of sp³-hybridized carbons (Fsp3) is 0.400. The van der Waals surface area contributed by atoms with Crippen LogP contribution in [0.25, 0.3) is 10.8 Å². The fourth-order valence-corrected chi connectivity index (χ4v) is 3.71. The average Bonchev–Trinajstić information content (AvgIpc) is 2.67. The van der Waals surface area contributed by atoms with Crippen LogP contribution in [-0.4, -0.2) is 32.8 Å². The summed E-state index contributed by atoms with van der Waals surface area (Å²) in [4.78, 5) is 34.7. The standard InChI is InChI=1S/C20H23N5O2/c1-13-6-5-9-24(12-13)20-22-17(10-18(26)23-20)14(2)25-19(27)16-8-4-3-7-15(16)11-21-25/h3-4,7-8,10-11,13-14H,5-6,9,12H2,1-2H3,(H,22,23,26). The molecule has 1 aliphatic heterocycles. The number of H-pyrrole nitrogens is 1. The van der Waals surface area contributed by atoms with Crippen LogP contribution in [0.15, 0.2) is 46.1 Å². The van der Waals surface area contributed by atoms with E-state index in [1.165, 1.54) is 17.2 Å². The first-order chi connectivity index (χ1) is 13.0. The summed E-state index contributed by atoms with van der Waals surface area (Å²) in [6.07, 6.45) is 3.94. The van der Waals surface area contributed by atoms with Crippen molar-refractivity contribution in [2.75, 3.05) is 18.0 Å². The van der Waals surface area contributed by atoms with E-state index in [0.29, 0.717) is 22.9 Å². The van der Waals surface area contributed by atoms with E-state index < -0.39 is 6.04 Å². The molecule has 1 N–H and O–H groups in total. The molecule has 7 nitrogen and oxygen atoms in total. The zero-order valence-electron chi connectivity index (χ0n) is 15.6. The van der Waals surface area contributed by atoms with E-state index in [9.17, 15) is 9.59 Å². The van der Waals surface area contributed by atoms with E-state index in [0.717, 1.165) is 24.9 Å². The zero-order chi connectivity index (χ0) is 19.0. The third-order valence-corrected chi connectivity index (χ3v) is 5.22. The van der Waals surface area contributed by atoms with Crippen molar-refractivity contribution in [3.05, 3.63) is 62.9 Å². The average molecular weight is 365 g/mol. The molecule has 2 aromatic heterocycles. The summed E-state index contributed by atoms with van der Waals surface area (Å²) in [6.45, 7) is 5.79. The summed E-state index contributed by atoms with van der Waals surface area (Å²) >= 11 is 0. The molecule has 7 heteroatoms. The Labute approximate surface area is 156 Å². The predicted molar refractivity (Wildman–Crippen MR) is 105 cm³/mol. The second kappa shape index (κ2) is 6.98. The molecule has 3 aromatic rings. The molecule has 0 radical (unpaired) electrons. The molecule has 0 bridgehead atoms. The molecular formula is C20H23N5O2. The number of benzene rings is 1. The van der Waals surface area contributed by atoms with Crippen molar-refractivity contribution < 1.29 is 0 Å². The summed E-state index contributed by atoms with van der Waals surface area (Å²) in [7, 11) is 0. The summed E-state index contributed by atoms with van der Waals surface area (Å²) in [5.74, 6) is 1.14. The third kappa shape index (κ3) is 3.37. The van der Waals surface area contributed by atoms with Gasteiger partial charge in [-0.3, -0.25) is 14.6 Å². The topological polar surface area (TPSA) is 83.9 Å². The molecule has 140 valence electrons. The van der Waals surface area contributed by atoms with E-state index in [2.05, 4.69) is 26.9 Å². The first kappa shape index (κ1) is 17.5. The minimum absolute atomic E-state index is 0.184. The Morgan fingerprint density at radius 3 is 2.89 bits per heavy atom.